The van der Waals surface area contributed by atoms with Crippen LogP contribution in [0.4, 0.5) is 0 Å². The van der Waals surface area contributed by atoms with Crippen LogP contribution in [0.3, 0.4) is 0 Å². The Balaban J connectivity index is 5.78. The highest BCUT2D eigenvalue weighted by Crippen LogP contribution is 2.35. The quantitative estimate of drug-likeness (QED) is 0.0459. The molecule has 0 aromatic heterocycles. The summed E-state index contributed by atoms with van der Waals surface area (Å²) in [6.07, 6.45) is 3.45. The van der Waals surface area contributed by atoms with Crippen molar-refractivity contribution < 1.29 is 38.7 Å². The first-order valence-corrected chi connectivity index (χ1v) is 25.0. The molecule has 10 nitrogen and oxygen atoms in total. The van der Waals surface area contributed by atoms with Crippen LogP contribution in [-0.2, 0) is 28.5 Å². The van der Waals surface area contributed by atoms with E-state index in [1.165, 1.54) is 0 Å². The van der Waals surface area contributed by atoms with Crippen molar-refractivity contribution in [1.29, 1.82) is 0 Å². The second kappa shape index (κ2) is 25.4. The van der Waals surface area contributed by atoms with Crippen LogP contribution in [0.2, 0.25) is 0 Å². The number of nitrogens with one attached hydrogen (secondary N) is 2. The van der Waals surface area contributed by atoms with E-state index in [0.29, 0.717) is 68.5 Å². The highest BCUT2D eigenvalue weighted by atomic mass is 32.2. The van der Waals surface area contributed by atoms with Crippen molar-refractivity contribution >= 4 is 35.1 Å². The number of hydrogen-bond donors (Lipinski definition) is 4. The molecule has 0 aromatic rings. The minimum atomic E-state index is -1.01. The maximum atomic E-state index is 14.7. The molecule has 0 saturated carbocycles. The van der Waals surface area contributed by atoms with Crippen molar-refractivity contribution in [3.63, 3.8) is 0 Å². The summed E-state index contributed by atoms with van der Waals surface area (Å²) in [5.41, 5.74) is -3.57. The summed E-state index contributed by atoms with van der Waals surface area (Å²) in [5.74, 6) is 2.46. The van der Waals surface area contributed by atoms with E-state index in [2.05, 4.69) is 59.1 Å². The zero-order chi connectivity index (χ0) is 47.0. The maximum absolute atomic E-state index is 14.7. The van der Waals surface area contributed by atoms with Gasteiger partial charge >= 0.3 is 0 Å². The summed E-state index contributed by atoms with van der Waals surface area (Å²) in [6.45, 7) is 40.5. The number of carbonyl (C=O) groups excluding carboxylic acids is 2. The molecule has 358 valence electrons. The fourth-order valence-electron chi connectivity index (χ4n) is 7.00. The number of ketones is 2. The smallest absolute Gasteiger partial charge is 0.169 e. The lowest BCUT2D eigenvalue weighted by atomic mass is 9.71. The predicted molar refractivity (Wildman–Crippen MR) is 257 cm³/mol. The van der Waals surface area contributed by atoms with E-state index in [0.717, 1.165) is 19.3 Å². The summed E-state index contributed by atoms with van der Waals surface area (Å²) in [7, 11) is 1.70. The first kappa shape index (κ1) is 59.7. The molecule has 0 saturated heterocycles. The second-order valence-electron chi connectivity index (χ2n) is 22.2. The van der Waals surface area contributed by atoms with Crippen LogP contribution in [0, 0.1) is 10.8 Å². The van der Waals surface area contributed by atoms with Crippen LogP contribution in [0.25, 0.3) is 0 Å². The van der Waals surface area contributed by atoms with Crippen LogP contribution in [0.15, 0.2) is 0 Å². The first-order valence-electron chi connectivity index (χ1n) is 22.7. The summed E-state index contributed by atoms with van der Waals surface area (Å²) in [4.78, 5) is 28.6. The van der Waals surface area contributed by atoms with E-state index < -0.39 is 46.4 Å². The van der Waals surface area contributed by atoms with Crippen molar-refractivity contribution in [3.8, 4) is 0 Å². The monoisotopic (exact) mass is 893 g/mol. The van der Waals surface area contributed by atoms with Gasteiger partial charge in [0.15, 0.2) is 11.6 Å². The average molecular weight is 893 g/mol. The summed E-state index contributed by atoms with van der Waals surface area (Å²) < 4.78 is 23.6. The van der Waals surface area contributed by atoms with Crippen molar-refractivity contribution in [2.75, 3.05) is 49.9 Å². The number of aliphatic hydroxyl groups excluding tert-OH is 2. The van der Waals surface area contributed by atoms with E-state index in [-0.39, 0.29) is 33.7 Å². The first-order chi connectivity index (χ1) is 27.1. The number of Topliss-reactive ketones (excluding diaryl/α,β-unsaturated/α-hetero) is 2. The maximum Gasteiger partial charge on any atom is 0.169 e. The Kier molecular flexibility index (Phi) is 25.3. The molecule has 12 heteroatoms. The lowest BCUT2D eigenvalue weighted by Crippen LogP contribution is -2.64. The molecule has 0 aliphatic heterocycles. The van der Waals surface area contributed by atoms with E-state index in [9.17, 15) is 19.8 Å². The molecule has 4 atom stereocenters. The van der Waals surface area contributed by atoms with E-state index in [1.54, 1.807) is 30.6 Å². The number of aliphatic hydroxyl groups is 2. The third-order valence-corrected chi connectivity index (χ3v) is 14.6. The van der Waals surface area contributed by atoms with E-state index >= 15 is 0 Å². The SMILES string of the molecule is CCOC(C)(C)CCOC(C)(C)CC(O)CSCC[C@H](NC(C)(C)C(C)(C)CC)C(=O)C(C)(C)N[C@@H](CCSCC(O)CC(C)(C)OCCC(C)(C)OC)C(=O)C(C)(C)C. The Bertz CT molecular complexity index is 1250. The molecule has 0 spiro atoms. The normalized spacial score (nSPS) is 16.2. The van der Waals surface area contributed by atoms with Crippen LogP contribution in [0.5, 0.6) is 0 Å². The average Bonchev–Trinajstić information content (AvgIpc) is 3.08. The topological polar surface area (TPSA) is 136 Å². The number of ether oxygens (including phenoxy) is 4. The summed E-state index contributed by atoms with van der Waals surface area (Å²) in [5, 5.41) is 29.3. The van der Waals surface area contributed by atoms with E-state index in [1.807, 2.05) is 83.1 Å². The minimum absolute atomic E-state index is 0.0130. The van der Waals surface area contributed by atoms with Gasteiger partial charge in [0.2, 0.25) is 0 Å². The zero-order valence-electron chi connectivity index (χ0n) is 42.4. The van der Waals surface area contributed by atoms with Gasteiger partial charge in [0.25, 0.3) is 0 Å². The van der Waals surface area contributed by atoms with Gasteiger partial charge in [-0.15, -0.1) is 0 Å². The van der Waals surface area contributed by atoms with Crippen LogP contribution in [-0.4, -0.2) is 129 Å². The van der Waals surface area contributed by atoms with Crippen molar-refractivity contribution in [3.05, 3.63) is 0 Å². The largest absolute Gasteiger partial charge is 0.392 e. The van der Waals surface area contributed by atoms with Crippen molar-refractivity contribution in [1.82, 2.24) is 10.6 Å². The highest BCUT2D eigenvalue weighted by molar-refractivity contribution is 7.99. The van der Waals surface area contributed by atoms with Gasteiger partial charge in [0, 0.05) is 49.0 Å². The molecule has 2 unspecified atom stereocenters. The molecule has 0 aliphatic rings. The Labute approximate surface area is 378 Å². The lowest BCUT2D eigenvalue weighted by molar-refractivity contribution is -0.131. The summed E-state index contributed by atoms with van der Waals surface area (Å²) in [6, 6.07) is -1.02. The molecule has 0 heterocycles. The highest BCUT2D eigenvalue weighted by Gasteiger charge is 2.43. The molecular weight excluding hydrogens is 797 g/mol. The predicted octanol–water partition coefficient (Wildman–Crippen LogP) is 9.44. The van der Waals surface area contributed by atoms with Crippen molar-refractivity contribution in [2.24, 2.45) is 10.8 Å². The van der Waals surface area contributed by atoms with Gasteiger partial charge < -0.3 is 34.5 Å². The molecule has 0 bridgehead atoms. The third-order valence-electron chi connectivity index (χ3n) is 12.3. The Morgan fingerprint density at radius 2 is 1.00 bits per heavy atom. The molecule has 0 rings (SSSR count). The molecule has 0 fully saturated rings. The fraction of sp³-hybridized carbons (Fsp3) is 0.958. The standard InChI is InChI=1S/C48H96N2O8S2/c1-21-42(6,7)48(18,19)50-38(24-30-60-34-36(52)32-46(14,15)58-28-26-44(10,11)56-22-2)40(54)47(16,17)49-37(39(53)41(3,4)5)23-29-59-33-35(51)31-45(12,13)57-27-25-43(8,9)55-20/h35-38,49-52H,21-34H2,1-20H3/t35?,36?,37-,38-/m0/s1. The molecule has 0 amide bonds. The molecular formula is C48H96N2O8S2. The molecule has 4 N–H and O–H groups in total. The molecule has 0 aromatic carbocycles. The molecule has 0 aliphatic carbocycles. The van der Waals surface area contributed by atoms with Gasteiger partial charge in [0.05, 0.1) is 65.4 Å². The van der Waals surface area contributed by atoms with Gasteiger partial charge in [-0.05, 0) is 139 Å². The number of methoxy groups -OCH3 is 1. The van der Waals surface area contributed by atoms with Crippen molar-refractivity contribution in [2.45, 2.75) is 234 Å². The van der Waals surface area contributed by atoms with Gasteiger partial charge in [-0.2, -0.15) is 23.5 Å². The van der Waals surface area contributed by atoms with Crippen LogP contribution < -0.4 is 10.6 Å². The second-order valence-corrected chi connectivity index (χ2v) is 24.5. The molecule has 60 heavy (non-hydrogen) atoms. The van der Waals surface area contributed by atoms with Gasteiger partial charge in [-0.1, -0.05) is 41.5 Å². The van der Waals surface area contributed by atoms with Gasteiger partial charge in [0.1, 0.15) is 0 Å². The van der Waals surface area contributed by atoms with Crippen LogP contribution >= 0.6 is 23.5 Å². The number of carbonyl (C=O) groups is 2. The third kappa shape index (κ3) is 23.6. The Morgan fingerprint density at radius 3 is 1.38 bits per heavy atom. The van der Waals surface area contributed by atoms with Gasteiger partial charge in [-0.3, -0.25) is 14.9 Å². The molecule has 0 radical (unpaired) electrons. The van der Waals surface area contributed by atoms with E-state index in [4.69, 9.17) is 18.9 Å². The fourth-order valence-corrected chi connectivity index (χ4v) is 8.92. The Morgan fingerprint density at radius 1 is 0.583 bits per heavy atom. The zero-order valence-corrected chi connectivity index (χ0v) is 44.0. The Hall–Kier alpha value is -0.280. The lowest BCUT2D eigenvalue weighted by Gasteiger charge is -2.45. The number of thioether (sulfide) groups is 2. The van der Waals surface area contributed by atoms with Crippen LogP contribution in [0.1, 0.15) is 176 Å². The summed E-state index contributed by atoms with van der Waals surface area (Å²) >= 11 is 3.27. The number of rotatable bonds is 34. The van der Waals surface area contributed by atoms with Gasteiger partial charge in [-0.25, -0.2) is 0 Å². The number of hydrogen-bond acceptors (Lipinski definition) is 12. The minimum Gasteiger partial charge on any atom is -0.392 e.